The summed E-state index contributed by atoms with van der Waals surface area (Å²) in [5.41, 5.74) is 3.11. The van der Waals surface area contributed by atoms with Crippen molar-refractivity contribution in [2.75, 3.05) is 32.8 Å². The minimum absolute atomic E-state index is 0.0753. The molecule has 0 saturated carbocycles. The zero-order valence-corrected chi connectivity index (χ0v) is 18.3. The van der Waals surface area contributed by atoms with Crippen LogP contribution in [0.4, 0.5) is 0 Å². The molecule has 1 amide bonds. The Kier molecular flexibility index (Phi) is 6.67. The predicted molar refractivity (Wildman–Crippen MR) is 116 cm³/mol. The maximum atomic E-state index is 13.2. The minimum atomic E-state index is 0.0753. The first-order chi connectivity index (χ1) is 14.1. The molecule has 1 atom stereocenters. The summed E-state index contributed by atoms with van der Waals surface area (Å²) in [4.78, 5) is 16.5. The average molecular weight is 417 g/mol. The van der Waals surface area contributed by atoms with E-state index in [0.717, 1.165) is 38.8 Å². The third-order valence-corrected chi connectivity index (χ3v) is 6.71. The Morgan fingerprint density at radius 1 is 1.38 bits per heavy atom. The third-order valence-electron chi connectivity index (χ3n) is 5.77. The quantitative estimate of drug-likeness (QED) is 0.754. The molecule has 29 heavy (non-hydrogen) atoms. The van der Waals surface area contributed by atoms with Gasteiger partial charge in [0.05, 0.1) is 13.2 Å². The summed E-state index contributed by atoms with van der Waals surface area (Å²) in [6.45, 7) is 8.81. The zero-order valence-electron chi connectivity index (χ0n) is 17.5. The van der Waals surface area contributed by atoms with Crippen molar-refractivity contribution in [3.05, 3.63) is 39.3 Å². The maximum absolute atomic E-state index is 13.2. The van der Waals surface area contributed by atoms with Crippen LogP contribution in [0.1, 0.15) is 46.9 Å². The molecular formula is C22H32N4O2S. The van der Waals surface area contributed by atoms with E-state index in [1.165, 1.54) is 16.1 Å². The predicted octanol–water partition coefficient (Wildman–Crippen LogP) is 2.76. The number of morpholine rings is 1. The van der Waals surface area contributed by atoms with Gasteiger partial charge in [0.1, 0.15) is 0 Å². The first-order valence-corrected chi connectivity index (χ1v) is 11.7. The lowest BCUT2D eigenvalue weighted by molar-refractivity contribution is 0.0297. The Morgan fingerprint density at radius 2 is 2.21 bits per heavy atom. The van der Waals surface area contributed by atoms with Crippen LogP contribution in [0.5, 0.6) is 0 Å². The van der Waals surface area contributed by atoms with Gasteiger partial charge in [0, 0.05) is 48.4 Å². The summed E-state index contributed by atoms with van der Waals surface area (Å²) >= 11 is 1.82. The van der Waals surface area contributed by atoms with Crippen molar-refractivity contribution in [1.29, 1.82) is 0 Å². The molecule has 0 radical (unpaired) electrons. The first-order valence-electron chi connectivity index (χ1n) is 10.8. The summed E-state index contributed by atoms with van der Waals surface area (Å²) < 4.78 is 7.53. The number of rotatable bonds is 7. The molecule has 3 heterocycles. The van der Waals surface area contributed by atoms with Crippen LogP contribution in [-0.4, -0.2) is 59.5 Å². The summed E-state index contributed by atoms with van der Waals surface area (Å²) in [6.07, 6.45) is 4.05. The van der Waals surface area contributed by atoms with E-state index in [1.807, 2.05) is 16.2 Å². The van der Waals surface area contributed by atoms with Crippen LogP contribution in [0.25, 0.3) is 0 Å². The van der Waals surface area contributed by atoms with Gasteiger partial charge in [-0.15, -0.1) is 11.3 Å². The number of nitrogens with zero attached hydrogens (tertiary/aromatic N) is 3. The van der Waals surface area contributed by atoms with Gasteiger partial charge in [-0.05, 0) is 43.0 Å². The number of nitrogens with one attached hydrogen (secondary N) is 1. The fourth-order valence-electron chi connectivity index (χ4n) is 4.30. The van der Waals surface area contributed by atoms with Gasteiger partial charge in [-0.1, -0.05) is 19.9 Å². The molecule has 1 N–H and O–H groups in total. The van der Waals surface area contributed by atoms with Gasteiger partial charge < -0.3 is 15.0 Å². The van der Waals surface area contributed by atoms with Crippen LogP contribution < -0.4 is 5.32 Å². The molecule has 1 aliphatic heterocycles. The van der Waals surface area contributed by atoms with Crippen LogP contribution in [0.15, 0.2) is 17.5 Å². The SMILES string of the molecule is CC(C)Cn1nc(C(=O)N2CCOCC2)c2c1CCC(NCCc1cccs1)C2. The number of hydrogen-bond donors (Lipinski definition) is 1. The molecule has 2 aromatic rings. The van der Waals surface area contributed by atoms with E-state index in [4.69, 9.17) is 9.84 Å². The molecule has 1 unspecified atom stereocenters. The van der Waals surface area contributed by atoms with Crippen molar-refractivity contribution in [2.45, 2.75) is 52.1 Å². The van der Waals surface area contributed by atoms with E-state index in [1.54, 1.807) is 0 Å². The Bertz CT molecular complexity index is 809. The van der Waals surface area contributed by atoms with Crippen molar-refractivity contribution >= 4 is 17.2 Å². The molecule has 2 aromatic heterocycles. The molecular weight excluding hydrogens is 384 g/mol. The fraction of sp³-hybridized carbons (Fsp3) is 0.636. The lowest BCUT2D eigenvalue weighted by atomic mass is 9.90. The van der Waals surface area contributed by atoms with Gasteiger partial charge in [-0.2, -0.15) is 5.10 Å². The van der Waals surface area contributed by atoms with Gasteiger partial charge in [-0.25, -0.2) is 0 Å². The highest BCUT2D eigenvalue weighted by atomic mass is 32.1. The Morgan fingerprint density at radius 3 is 2.93 bits per heavy atom. The lowest BCUT2D eigenvalue weighted by Crippen LogP contribution is -2.42. The third kappa shape index (κ3) is 4.90. The minimum Gasteiger partial charge on any atom is -0.378 e. The molecule has 1 aliphatic carbocycles. The molecule has 0 bridgehead atoms. The van der Waals surface area contributed by atoms with E-state index in [-0.39, 0.29) is 5.91 Å². The van der Waals surface area contributed by atoms with Crippen molar-refractivity contribution in [3.63, 3.8) is 0 Å². The highest BCUT2D eigenvalue weighted by molar-refractivity contribution is 7.09. The number of ether oxygens (including phenoxy) is 1. The summed E-state index contributed by atoms with van der Waals surface area (Å²) in [5.74, 6) is 0.582. The summed E-state index contributed by atoms with van der Waals surface area (Å²) in [6, 6.07) is 4.72. The van der Waals surface area contributed by atoms with Crippen LogP contribution in [0.3, 0.4) is 0 Å². The number of aromatic nitrogens is 2. The second-order valence-corrected chi connectivity index (χ2v) is 9.51. The highest BCUT2D eigenvalue weighted by Gasteiger charge is 2.31. The molecule has 158 valence electrons. The van der Waals surface area contributed by atoms with Crippen LogP contribution in [-0.2, 0) is 30.5 Å². The molecule has 0 spiro atoms. The van der Waals surface area contributed by atoms with Crippen LogP contribution >= 0.6 is 11.3 Å². The van der Waals surface area contributed by atoms with Gasteiger partial charge in [0.25, 0.3) is 5.91 Å². The van der Waals surface area contributed by atoms with E-state index >= 15 is 0 Å². The monoisotopic (exact) mass is 416 g/mol. The largest absolute Gasteiger partial charge is 0.378 e. The van der Waals surface area contributed by atoms with E-state index in [0.29, 0.717) is 44.0 Å². The Labute approximate surface area is 177 Å². The molecule has 4 rings (SSSR count). The maximum Gasteiger partial charge on any atom is 0.274 e. The zero-order chi connectivity index (χ0) is 20.2. The standard InChI is InChI=1S/C22H32N4O2S/c1-16(2)15-26-20-6-5-17(23-8-7-18-4-3-13-29-18)14-19(20)21(24-26)22(27)25-9-11-28-12-10-25/h3-4,13,16-17,23H,5-12,14-15H2,1-2H3. The van der Waals surface area contributed by atoms with Gasteiger partial charge in [0.2, 0.25) is 0 Å². The number of carbonyl (C=O) groups excluding carboxylic acids is 1. The van der Waals surface area contributed by atoms with Crippen molar-refractivity contribution in [3.8, 4) is 0 Å². The molecule has 1 saturated heterocycles. The summed E-state index contributed by atoms with van der Waals surface area (Å²) in [7, 11) is 0. The molecule has 6 nitrogen and oxygen atoms in total. The smallest absolute Gasteiger partial charge is 0.274 e. The van der Waals surface area contributed by atoms with Gasteiger partial charge in [-0.3, -0.25) is 9.48 Å². The lowest BCUT2D eigenvalue weighted by Gasteiger charge is -2.28. The molecule has 7 heteroatoms. The van der Waals surface area contributed by atoms with E-state index < -0.39 is 0 Å². The van der Waals surface area contributed by atoms with Crippen molar-refractivity contribution in [1.82, 2.24) is 20.0 Å². The molecule has 0 aromatic carbocycles. The van der Waals surface area contributed by atoms with E-state index in [9.17, 15) is 4.79 Å². The first kappa shape index (κ1) is 20.6. The van der Waals surface area contributed by atoms with Crippen molar-refractivity contribution < 1.29 is 9.53 Å². The van der Waals surface area contributed by atoms with Gasteiger partial charge >= 0.3 is 0 Å². The topological polar surface area (TPSA) is 59.4 Å². The molecule has 1 fully saturated rings. The fourth-order valence-corrected chi connectivity index (χ4v) is 5.01. The average Bonchev–Trinajstić information content (AvgIpc) is 3.36. The number of fused-ring (bicyclic) bond motifs is 1. The highest BCUT2D eigenvalue weighted by Crippen LogP contribution is 2.27. The number of thiophene rings is 1. The Balaban J connectivity index is 1.49. The van der Waals surface area contributed by atoms with Gasteiger partial charge in [0.15, 0.2) is 5.69 Å². The van der Waals surface area contributed by atoms with E-state index in [2.05, 4.69) is 41.4 Å². The second kappa shape index (κ2) is 9.41. The van der Waals surface area contributed by atoms with Crippen LogP contribution in [0.2, 0.25) is 0 Å². The number of hydrogen-bond acceptors (Lipinski definition) is 5. The second-order valence-electron chi connectivity index (χ2n) is 8.48. The molecule has 2 aliphatic rings. The Hall–Kier alpha value is -1.70. The van der Waals surface area contributed by atoms with Crippen molar-refractivity contribution in [2.24, 2.45) is 5.92 Å². The number of carbonyl (C=O) groups is 1. The normalized spacial score (nSPS) is 19.6. The summed E-state index contributed by atoms with van der Waals surface area (Å²) in [5, 5.41) is 10.7. The number of amides is 1. The van der Waals surface area contributed by atoms with Crippen LogP contribution in [0, 0.1) is 5.92 Å².